The summed E-state index contributed by atoms with van der Waals surface area (Å²) in [6, 6.07) is 6.06. The van der Waals surface area contributed by atoms with Crippen LogP contribution < -0.4 is 11.1 Å². The molecule has 1 aliphatic rings. The van der Waals surface area contributed by atoms with Crippen LogP contribution in [0.5, 0.6) is 0 Å². The molecule has 23 heavy (non-hydrogen) atoms. The van der Waals surface area contributed by atoms with Gasteiger partial charge in [-0.2, -0.15) is 0 Å². The first-order valence-corrected chi connectivity index (χ1v) is 8.97. The van der Waals surface area contributed by atoms with E-state index in [1.165, 1.54) is 16.9 Å². The molecule has 0 bridgehead atoms. The average molecular weight is 350 g/mol. The van der Waals surface area contributed by atoms with Crippen LogP contribution in [-0.2, 0) is 11.2 Å². The highest BCUT2D eigenvalue weighted by Gasteiger charge is 2.28. The normalized spacial score (nSPS) is 20.7. The Bertz CT molecular complexity index is 716. The summed E-state index contributed by atoms with van der Waals surface area (Å²) < 4.78 is 0. The van der Waals surface area contributed by atoms with E-state index in [1.54, 1.807) is 0 Å². The molecule has 1 heterocycles. The van der Waals surface area contributed by atoms with Crippen molar-refractivity contribution in [1.29, 1.82) is 0 Å². The van der Waals surface area contributed by atoms with Crippen LogP contribution in [0, 0.1) is 12.8 Å². The van der Waals surface area contributed by atoms with Crippen molar-refractivity contribution in [3.05, 3.63) is 45.4 Å². The second-order valence-electron chi connectivity index (χ2n) is 6.14. The van der Waals surface area contributed by atoms with E-state index in [-0.39, 0.29) is 17.9 Å². The van der Waals surface area contributed by atoms with E-state index in [2.05, 4.69) is 10.3 Å². The Kier molecular flexibility index (Phi) is 4.99. The number of nitrogens with one attached hydrogen (secondary N) is 1. The molecule has 1 aromatic carbocycles. The SMILES string of the molecule is Cc1cc(Cl)ccc1Cc1cnc(NC(=O)C2CCC(N)C2)s1. The van der Waals surface area contributed by atoms with E-state index in [9.17, 15) is 4.79 Å². The van der Waals surface area contributed by atoms with Gasteiger partial charge in [0.05, 0.1) is 0 Å². The molecule has 1 fully saturated rings. The lowest BCUT2D eigenvalue weighted by Gasteiger charge is -2.08. The van der Waals surface area contributed by atoms with Crippen LogP contribution in [0.15, 0.2) is 24.4 Å². The Morgan fingerprint density at radius 3 is 3.00 bits per heavy atom. The lowest BCUT2D eigenvalue weighted by Crippen LogP contribution is -2.23. The first-order chi connectivity index (χ1) is 11.0. The Hall–Kier alpha value is -1.43. The maximum Gasteiger partial charge on any atom is 0.229 e. The number of hydrogen-bond acceptors (Lipinski definition) is 4. The van der Waals surface area contributed by atoms with Crippen LogP contribution in [-0.4, -0.2) is 16.9 Å². The predicted molar refractivity (Wildman–Crippen MR) is 95.1 cm³/mol. The van der Waals surface area contributed by atoms with Crippen LogP contribution in [0.1, 0.15) is 35.3 Å². The molecule has 1 aromatic heterocycles. The molecule has 2 aromatic rings. The fourth-order valence-electron chi connectivity index (χ4n) is 2.95. The number of nitrogens with zero attached hydrogens (tertiary/aromatic N) is 1. The van der Waals surface area contributed by atoms with Crippen molar-refractivity contribution in [2.24, 2.45) is 11.7 Å². The number of hydrogen-bond donors (Lipinski definition) is 2. The zero-order valence-corrected chi connectivity index (χ0v) is 14.6. The number of anilines is 1. The molecule has 6 heteroatoms. The van der Waals surface area contributed by atoms with Gasteiger partial charge in [0, 0.05) is 34.5 Å². The highest BCUT2D eigenvalue weighted by Crippen LogP contribution is 2.28. The first kappa shape index (κ1) is 16.4. The smallest absolute Gasteiger partial charge is 0.229 e. The van der Waals surface area contributed by atoms with Crippen molar-refractivity contribution >= 4 is 34.0 Å². The number of aryl methyl sites for hydroxylation is 1. The van der Waals surface area contributed by atoms with Crippen molar-refractivity contribution in [1.82, 2.24) is 4.98 Å². The van der Waals surface area contributed by atoms with Gasteiger partial charge in [-0.1, -0.05) is 17.7 Å². The third kappa shape index (κ3) is 4.10. The first-order valence-electron chi connectivity index (χ1n) is 7.77. The molecule has 3 N–H and O–H groups in total. The summed E-state index contributed by atoms with van der Waals surface area (Å²) in [5, 5.41) is 4.34. The minimum atomic E-state index is 0.0239. The topological polar surface area (TPSA) is 68.0 Å². The summed E-state index contributed by atoms with van der Waals surface area (Å²) >= 11 is 7.51. The maximum atomic E-state index is 12.2. The molecule has 1 aliphatic carbocycles. The van der Waals surface area contributed by atoms with Gasteiger partial charge < -0.3 is 11.1 Å². The van der Waals surface area contributed by atoms with Gasteiger partial charge in [0.15, 0.2) is 5.13 Å². The molecular formula is C17H20ClN3OS. The monoisotopic (exact) mass is 349 g/mol. The Labute approximate surface area is 145 Å². The van der Waals surface area contributed by atoms with Crippen molar-refractivity contribution in [2.45, 2.75) is 38.6 Å². The molecule has 1 amide bonds. The molecular weight excluding hydrogens is 330 g/mol. The van der Waals surface area contributed by atoms with E-state index in [4.69, 9.17) is 17.3 Å². The number of thiazole rings is 1. The molecule has 2 unspecified atom stereocenters. The van der Waals surface area contributed by atoms with E-state index in [0.717, 1.165) is 41.1 Å². The van der Waals surface area contributed by atoms with Crippen LogP contribution in [0.2, 0.25) is 5.02 Å². The van der Waals surface area contributed by atoms with E-state index in [0.29, 0.717) is 5.13 Å². The van der Waals surface area contributed by atoms with E-state index < -0.39 is 0 Å². The highest BCUT2D eigenvalue weighted by molar-refractivity contribution is 7.15. The Morgan fingerprint density at radius 1 is 1.48 bits per heavy atom. The van der Waals surface area contributed by atoms with E-state index in [1.807, 2.05) is 31.3 Å². The van der Waals surface area contributed by atoms with Gasteiger partial charge in [-0.05, 0) is 49.4 Å². The fourth-order valence-corrected chi connectivity index (χ4v) is 4.02. The summed E-state index contributed by atoms with van der Waals surface area (Å²) in [5.41, 5.74) is 8.25. The largest absolute Gasteiger partial charge is 0.328 e. The quantitative estimate of drug-likeness (QED) is 0.883. The zero-order chi connectivity index (χ0) is 16.4. The number of halogens is 1. The van der Waals surface area contributed by atoms with Crippen molar-refractivity contribution in [2.75, 3.05) is 5.32 Å². The van der Waals surface area contributed by atoms with Gasteiger partial charge in [-0.25, -0.2) is 4.98 Å². The second-order valence-corrected chi connectivity index (χ2v) is 7.69. The van der Waals surface area contributed by atoms with Gasteiger partial charge >= 0.3 is 0 Å². The fraction of sp³-hybridized carbons (Fsp3) is 0.412. The molecule has 122 valence electrons. The number of carbonyl (C=O) groups excluding carboxylic acids is 1. The van der Waals surface area contributed by atoms with Crippen LogP contribution in [0.25, 0.3) is 0 Å². The Balaban J connectivity index is 1.62. The summed E-state index contributed by atoms with van der Waals surface area (Å²) in [5.74, 6) is 0.0670. The molecule has 0 saturated heterocycles. The molecule has 1 saturated carbocycles. The van der Waals surface area contributed by atoms with Gasteiger partial charge in [0.1, 0.15) is 0 Å². The number of rotatable bonds is 4. The minimum Gasteiger partial charge on any atom is -0.328 e. The summed E-state index contributed by atoms with van der Waals surface area (Å²) in [7, 11) is 0. The zero-order valence-electron chi connectivity index (χ0n) is 13.0. The van der Waals surface area contributed by atoms with Crippen LogP contribution in [0.4, 0.5) is 5.13 Å². The summed E-state index contributed by atoms with van der Waals surface area (Å²) in [4.78, 5) is 17.6. The number of nitrogens with two attached hydrogens (primary N) is 1. The van der Waals surface area contributed by atoms with Gasteiger partial charge in [-0.15, -0.1) is 11.3 Å². The summed E-state index contributed by atoms with van der Waals surface area (Å²) in [6.07, 6.45) is 5.19. The van der Waals surface area contributed by atoms with Gasteiger partial charge in [-0.3, -0.25) is 4.79 Å². The number of amides is 1. The molecule has 0 spiro atoms. The maximum absolute atomic E-state index is 12.2. The van der Waals surface area contributed by atoms with Gasteiger partial charge in [0.2, 0.25) is 5.91 Å². The van der Waals surface area contributed by atoms with Crippen molar-refractivity contribution in [3.8, 4) is 0 Å². The third-order valence-corrected chi connectivity index (χ3v) is 5.44. The number of aromatic nitrogens is 1. The predicted octanol–water partition coefficient (Wildman–Crippen LogP) is 3.76. The van der Waals surface area contributed by atoms with Crippen molar-refractivity contribution in [3.63, 3.8) is 0 Å². The lowest BCUT2D eigenvalue weighted by atomic mass is 10.1. The summed E-state index contributed by atoms with van der Waals surface area (Å²) in [6.45, 7) is 2.05. The average Bonchev–Trinajstić information content (AvgIpc) is 3.11. The molecule has 2 atom stereocenters. The van der Waals surface area contributed by atoms with Crippen molar-refractivity contribution < 1.29 is 4.79 Å². The molecule has 4 nitrogen and oxygen atoms in total. The third-order valence-electron chi connectivity index (χ3n) is 4.30. The molecule has 0 aliphatic heterocycles. The molecule has 0 radical (unpaired) electrons. The standard InChI is InChI=1S/C17H20ClN3OS/c1-10-6-13(18)4-2-11(10)8-15-9-20-17(23-15)21-16(22)12-3-5-14(19)7-12/h2,4,6,9,12,14H,3,5,7-8,19H2,1H3,(H,20,21,22). The highest BCUT2D eigenvalue weighted by atomic mass is 35.5. The van der Waals surface area contributed by atoms with Crippen LogP contribution >= 0.6 is 22.9 Å². The number of benzene rings is 1. The number of carbonyl (C=O) groups is 1. The lowest BCUT2D eigenvalue weighted by molar-refractivity contribution is -0.119. The molecule has 3 rings (SSSR count). The van der Waals surface area contributed by atoms with E-state index >= 15 is 0 Å². The second kappa shape index (κ2) is 6.99. The van der Waals surface area contributed by atoms with Crippen LogP contribution in [0.3, 0.4) is 0 Å². The Morgan fingerprint density at radius 2 is 2.30 bits per heavy atom. The minimum absolute atomic E-state index is 0.0239. The van der Waals surface area contributed by atoms with Gasteiger partial charge in [0.25, 0.3) is 0 Å².